The lowest BCUT2D eigenvalue weighted by molar-refractivity contribution is -0.238. The fourth-order valence-corrected chi connectivity index (χ4v) is 13.1. The number of rotatable bonds is 62. The molecule has 0 unspecified atom stereocenters. The minimum Gasteiger partial charge on any atom is -0.388 e. The maximum Gasteiger partial charge on any atom is 0.220 e. The summed E-state index contributed by atoms with van der Waals surface area (Å²) in [6.45, 7) is 10.5. The van der Waals surface area contributed by atoms with E-state index in [1.807, 2.05) is 0 Å². The third-order valence-corrected chi connectivity index (χ3v) is 19.0. The van der Waals surface area contributed by atoms with Gasteiger partial charge in [-0.1, -0.05) is 15.6 Å². The molecule has 6 saturated heterocycles. The Kier molecular flexibility index (Phi) is 39.3. The number of aromatic nitrogens is 9. The van der Waals surface area contributed by atoms with Gasteiger partial charge in [-0.2, -0.15) is 0 Å². The van der Waals surface area contributed by atoms with Crippen LogP contribution in [0.1, 0.15) is 63.5 Å². The highest BCUT2D eigenvalue weighted by Gasteiger charge is 2.62. The van der Waals surface area contributed by atoms with Gasteiger partial charge in [0.1, 0.15) is 94.2 Å². The molecule has 0 aliphatic carbocycles. The molecule has 115 heavy (non-hydrogen) atoms. The standard InChI is InChI=1S/C71H115N13O31/c1-5-6-7-8-9-55(88)75-68(40-107-37-52-34-82(79-76-52)10-13-95-16-19-98-22-25-101-28-31-104-43-69-46-110-65(113-69)56(72-49(2)85)59(89)62(69)92,41-108-38-53-35-83(80-77-53)11-14-96-17-20-99-23-26-102-29-32-105-44-70-47-111-66(114-70)57(73-50(3)86)60(90)63(70)93)42-109-39-54-36-84(81-78-54)12-15-97-18-21-100-24-27-103-30-33-106-45-71-48-112-67(115-71)58(74-51(4)87)61(91)64(71)94/h1,34-36,56-67,89-94H,6-33,37-48H2,2-4H3,(H,72,85)(H,73,86)(H,74,87)(H,75,88)/t56-,57-,58-,59-,60-,61-,62-,63-,64-,65+,66+,67+,69+,70+,71+/m1/s1. The van der Waals surface area contributed by atoms with Crippen LogP contribution in [0.25, 0.3) is 0 Å². The van der Waals surface area contributed by atoms with Gasteiger partial charge in [0.2, 0.25) is 23.6 Å². The second-order valence-electron chi connectivity index (χ2n) is 28.4. The number of terminal acetylenes is 1. The van der Waals surface area contributed by atoms with Crippen molar-refractivity contribution in [3.63, 3.8) is 0 Å². The van der Waals surface area contributed by atoms with Crippen LogP contribution in [-0.4, -0.2) is 393 Å². The normalized spacial score (nSPS) is 26.8. The first kappa shape index (κ1) is 92.7. The third kappa shape index (κ3) is 29.3. The second-order valence-corrected chi connectivity index (χ2v) is 28.4. The molecule has 15 atom stereocenters. The van der Waals surface area contributed by atoms with E-state index in [9.17, 15) is 49.8 Å². The molecule has 0 aromatic carbocycles. The number of nitrogens with one attached hydrogen (secondary N) is 4. The first-order valence-electron chi connectivity index (χ1n) is 38.6. The quantitative estimate of drug-likeness (QED) is 0.0186. The molecule has 10 N–H and O–H groups in total. The molecule has 3 aromatic rings. The van der Waals surface area contributed by atoms with E-state index in [2.05, 4.69) is 58.1 Å². The average molecular weight is 1650 g/mol. The number of hydrogen-bond acceptors (Lipinski definition) is 37. The SMILES string of the molecule is C#CCCCCC(=O)NC(COCc1cn(CCOCCOCCOCCOC[C@@]23CO[C@@H](O2)[C@H](NC(C)=O)[C@@H](O)[C@H]3O)nn1)(COCc1cn(CCOCCOCCOCCOC[C@@]23CO[C@@H](O2)[C@H](NC(C)=O)[C@@H](O)[C@H]3O)nn1)COCc1cn(CCOCCOCCOCCOC[C@@]23CO[C@@H](O2)[C@H](NC(C)=O)[C@@H](O)[C@H]3O)nn1. The Hall–Kier alpha value is -6.22. The lowest BCUT2D eigenvalue weighted by Crippen LogP contribution is -2.66. The summed E-state index contributed by atoms with van der Waals surface area (Å²) in [4.78, 5) is 48.5. The van der Waals surface area contributed by atoms with Crippen molar-refractivity contribution in [3.05, 3.63) is 35.7 Å². The predicted octanol–water partition coefficient (Wildman–Crippen LogP) is -6.29. The van der Waals surface area contributed by atoms with Gasteiger partial charge in [0, 0.05) is 33.6 Å². The maximum absolute atomic E-state index is 13.8. The molecule has 3 aromatic heterocycles. The number of fused-ring (bicyclic) bond motifs is 6. The summed E-state index contributed by atoms with van der Waals surface area (Å²) in [5, 5.41) is 101. The minimum absolute atomic E-state index is 0.00567. The topological polar surface area (TPSA) is 524 Å². The van der Waals surface area contributed by atoms with Crippen molar-refractivity contribution in [1.82, 2.24) is 66.2 Å². The van der Waals surface area contributed by atoms with Gasteiger partial charge in [-0.05, 0) is 12.8 Å². The van der Waals surface area contributed by atoms with E-state index in [-0.39, 0.29) is 149 Å². The fraction of sp³-hybridized carbons (Fsp3) is 0.831. The zero-order chi connectivity index (χ0) is 81.7. The summed E-state index contributed by atoms with van der Waals surface area (Å²) in [6.07, 6.45) is 1.93. The van der Waals surface area contributed by atoms with Crippen molar-refractivity contribution < 1.29 is 149 Å². The minimum atomic E-state index is -1.34. The molecule has 44 heteroatoms. The molecule has 6 bridgehead atoms. The van der Waals surface area contributed by atoms with Crippen LogP contribution in [0.4, 0.5) is 0 Å². The highest BCUT2D eigenvalue weighted by Crippen LogP contribution is 2.40. The molecule has 9 heterocycles. The molecule has 44 nitrogen and oxygen atoms in total. The van der Waals surface area contributed by atoms with Crippen LogP contribution in [0.5, 0.6) is 0 Å². The zero-order valence-electron chi connectivity index (χ0n) is 65.4. The van der Waals surface area contributed by atoms with Crippen molar-refractivity contribution in [2.75, 3.05) is 198 Å². The predicted molar refractivity (Wildman–Crippen MR) is 387 cm³/mol. The average Bonchev–Trinajstić information content (AvgIpc) is 1.65. The first-order valence-corrected chi connectivity index (χ1v) is 38.6. The summed E-state index contributed by atoms with van der Waals surface area (Å²) >= 11 is 0. The number of aliphatic hydroxyl groups excluding tert-OH is 6. The van der Waals surface area contributed by atoms with E-state index in [1.165, 1.54) is 20.8 Å². The number of ether oxygens (including phenoxy) is 21. The molecule has 0 spiro atoms. The highest BCUT2D eigenvalue weighted by atomic mass is 16.8. The Morgan fingerprint density at radius 2 is 0.713 bits per heavy atom. The number of aliphatic hydroxyl groups is 6. The van der Waals surface area contributed by atoms with Gasteiger partial charge in [0.25, 0.3) is 0 Å². The molecule has 6 aliphatic heterocycles. The number of carbonyl (C=O) groups is 4. The Labute approximate surface area is 665 Å². The van der Waals surface area contributed by atoms with Crippen molar-refractivity contribution in [3.8, 4) is 12.3 Å². The fourth-order valence-electron chi connectivity index (χ4n) is 13.1. The number of hydrogen-bond donors (Lipinski definition) is 10. The van der Waals surface area contributed by atoms with Gasteiger partial charge in [-0.15, -0.1) is 27.6 Å². The molecule has 0 saturated carbocycles. The smallest absolute Gasteiger partial charge is 0.220 e. The van der Waals surface area contributed by atoms with Crippen LogP contribution in [0.3, 0.4) is 0 Å². The largest absolute Gasteiger partial charge is 0.388 e. The number of amides is 4. The lowest BCUT2D eigenvalue weighted by Gasteiger charge is -2.42. The van der Waals surface area contributed by atoms with E-state index < -0.39 is 96.0 Å². The molecule has 0 radical (unpaired) electrons. The second kappa shape index (κ2) is 48.7. The van der Waals surface area contributed by atoms with Gasteiger partial charge in [-0.3, -0.25) is 19.2 Å². The van der Waals surface area contributed by atoms with Crippen molar-refractivity contribution >= 4 is 23.6 Å². The van der Waals surface area contributed by atoms with Crippen LogP contribution in [0.2, 0.25) is 0 Å². The summed E-state index contributed by atoms with van der Waals surface area (Å²) < 4.78 is 126. The van der Waals surface area contributed by atoms with Gasteiger partial charge in [0.05, 0.1) is 256 Å². The van der Waals surface area contributed by atoms with Crippen LogP contribution >= 0.6 is 0 Å². The molecule has 650 valence electrons. The number of carbonyl (C=O) groups excluding carboxylic acids is 4. The molecule has 6 aliphatic rings. The van der Waals surface area contributed by atoms with Crippen molar-refractivity contribution in [1.29, 1.82) is 0 Å². The molecule has 4 amide bonds. The Morgan fingerprint density at radius 3 is 0.991 bits per heavy atom. The van der Waals surface area contributed by atoms with Crippen molar-refractivity contribution in [2.45, 2.75) is 182 Å². The van der Waals surface area contributed by atoms with Gasteiger partial charge in [0.15, 0.2) is 18.9 Å². The molecule has 9 rings (SSSR count). The van der Waals surface area contributed by atoms with E-state index >= 15 is 0 Å². The molecular weight excluding hydrogens is 1530 g/mol. The summed E-state index contributed by atoms with van der Waals surface area (Å²) in [5.41, 5.74) is -3.55. The Bertz CT molecular complexity index is 3060. The van der Waals surface area contributed by atoms with Crippen molar-refractivity contribution in [2.24, 2.45) is 0 Å². The maximum atomic E-state index is 13.8. The Balaban J connectivity index is 0.664. The third-order valence-electron chi connectivity index (χ3n) is 19.0. The van der Waals surface area contributed by atoms with E-state index in [1.54, 1.807) is 32.6 Å². The van der Waals surface area contributed by atoms with E-state index in [0.717, 1.165) is 0 Å². The van der Waals surface area contributed by atoms with Crippen LogP contribution < -0.4 is 21.3 Å². The molecular formula is C71H115N13O31. The Morgan fingerprint density at radius 1 is 0.435 bits per heavy atom. The summed E-state index contributed by atoms with van der Waals surface area (Å²) in [7, 11) is 0. The zero-order valence-corrected chi connectivity index (χ0v) is 65.4. The highest BCUT2D eigenvalue weighted by molar-refractivity contribution is 5.77. The summed E-state index contributed by atoms with van der Waals surface area (Å²) in [5.74, 6) is 1.17. The van der Waals surface area contributed by atoms with Crippen LogP contribution in [-0.2, 0) is 158 Å². The van der Waals surface area contributed by atoms with Crippen LogP contribution in [0, 0.1) is 12.3 Å². The monoisotopic (exact) mass is 1650 g/mol. The number of unbranched alkanes of at least 4 members (excludes halogenated alkanes) is 2. The first-order chi connectivity index (χ1) is 55.7. The lowest BCUT2D eigenvalue weighted by atomic mass is 9.88. The van der Waals surface area contributed by atoms with E-state index in [0.29, 0.717) is 155 Å². The summed E-state index contributed by atoms with van der Waals surface area (Å²) in [6, 6.07) is -2.71. The number of nitrogens with zero attached hydrogens (tertiary/aromatic N) is 9. The van der Waals surface area contributed by atoms with Gasteiger partial charge < -0.3 is 151 Å². The van der Waals surface area contributed by atoms with E-state index in [4.69, 9.17) is 106 Å². The van der Waals surface area contributed by atoms with Crippen LogP contribution in [0.15, 0.2) is 18.6 Å². The molecule has 6 fully saturated rings. The van der Waals surface area contributed by atoms with Gasteiger partial charge in [-0.25, -0.2) is 14.0 Å². The van der Waals surface area contributed by atoms with Gasteiger partial charge >= 0.3 is 0 Å².